The predicted molar refractivity (Wildman–Crippen MR) is 72.8 cm³/mol. The number of hydrogen-bond donors (Lipinski definition) is 1. The summed E-state index contributed by atoms with van der Waals surface area (Å²) in [6.45, 7) is 2.62. The molecule has 0 atom stereocenters. The Morgan fingerprint density at radius 2 is 1.94 bits per heavy atom. The summed E-state index contributed by atoms with van der Waals surface area (Å²) in [6, 6.07) is 7.54. The molecule has 1 aromatic carbocycles. The highest BCUT2D eigenvalue weighted by atomic mass is 16.5. The monoisotopic (exact) mass is 247 g/mol. The quantitative estimate of drug-likeness (QED) is 0.863. The van der Waals surface area contributed by atoms with E-state index in [-0.39, 0.29) is 5.91 Å². The molecule has 18 heavy (non-hydrogen) atoms. The van der Waals surface area contributed by atoms with Crippen LogP contribution in [-0.2, 0) is 4.79 Å². The van der Waals surface area contributed by atoms with Crippen molar-refractivity contribution in [1.29, 1.82) is 0 Å². The van der Waals surface area contributed by atoms with Crippen LogP contribution in [0, 0.1) is 5.92 Å². The largest absolute Gasteiger partial charge is 0.494 e. The molecule has 98 valence electrons. The number of ether oxygens (including phenoxy) is 1. The summed E-state index contributed by atoms with van der Waals surface area (Å²) in [4.78, 5) is 11.8. The van der Waals surface area contributed by atoms with Crippen molar-refractivity contribution >= 4 is 11.6 Å². The highest BCUT2D eigenvalue weighted by molar-refractivity contribution is 5.90. The van der Waals surface area contributed by atoms with Crippen LogP contribution in [0.4, 0.5) is 5.69 Å². The summed E-state index contributed by atoms with van der Waals surface area (Å²) in [6.07, 6.45) is 5.63. The number of rotatable bonds is 5. The molecule has 0 spiro atoms. The van der Waals surface area contributed by atoms with Gasteiger partial charge >= 0.3 is 0 Å². The van der Waals surface area contributed by atoms with Crippen molar-refractivity contribution in [2.24, 2.45) is 5.92 Å². The molecule has 1 N–H and O–H groups in total. The van der Waals surface area contributed by atoms with Gasteiger partial charge in [0.15, 0.2) is 0 Å². The van der Waals surface area contributed by atoms with Crippen molar-refractivity contribution in [3.8, 4) is 5.75 Å². The van der Waals surface area contributed by atoms with E-state index in [1.807, 2.05) is 31.2 Å². The van der Waals surface area contributed by atoms with Crippen molar-refractivity contribution < 1.29 is 9.53 Å². The Bertz CT molecular complexity index is 380. The molecule has 1 aliphatic rings. The van der Waals surface area contributed by atoms with Crippen LogP contribution in [0.25, 0.3) is 0 Å². The van der Waals surface area contributed by atoms with Crippen LogP contribution in [0.1, 0.15) is 39.0 Å². The summed E-state index contributed by atoms with van der Waals surface area (Å²) in [5.41, 5.74) is 0.849. The Hall–Kier alpha value is -1.51. The third-order valence-corrected chi connectivity index (χ3v) is 3.40. The minimum atomic E-state index is 0.131. The second-order valence-corrected chi connectivity index (χ2v) is 4.86. The van der Waals surface area contributed by atoms with Crippen LogP contribution in [-0.4, -0.2) is 12.5 Å². The topological polar surface area (TPSA) is 38.3 Å². The molecule has 3 heteroatoms. The summed E-state index contributed by atoms with van der Waals surface area (Å²) in [5.74, 6) is 1.56. The van der Waals surface area contributed by atoms with Crippen molar-refractivity contribution in [3.05, 3.63) is 24.3 Å². The van der Waals surface area contributed by atoms with E-state index in [0.717, 1.165) is 11.4 Å². The normalized spacial score (nSPS) is 15.6. The van der Waals surface area contributed by atoms with E-state index in [0.29, 0.717) is 18.9 Å². The highest BCUT2D eigenvalue weighted by Crippen LogP contribution is 2.27. The first kappa shape index (κ1) is 12.9. The van der Waals surface area contributed by atoms with E-state index in [9.17, 15) is 4.79 Å². The molecular formula is C15H21NO2. The van der Waals surface area contributed by atoms with Gasteiger partial charge in [-0.05, 0) is 49.9 Å². The SMILES string of the molecule is CCOc1ccc(NC(=O)CC2CCCC2)cc1. The number of anilines is 1. The van der Waals surface area contributed by atoms with E-state index in [4.69, 9.17) is 4.74 Å². The van der Waals surface area contributed by atoms with Crippen molar-refractivity contribution in [2.45, 2.75) is 39.0 Å². The summed E-state index contributed by atoms with van der Waals surface area (Å²) in [7, 11) is 0. The Labute approximate surface area is 109 Å². The fourth-order valence-corrected chi connectivity index (χ4v) is 2.49. The van der Waals surface area contributed by atoms with Crippen LogP contribution < -0.4 is 10.1 Å². The minimum Gasteiger partial charge on any atom is -0.494 e. The maximum Gasteiger partial charge on any atom is 0.224 e. The fourth-order valence-electron chi connectivity index (χ4n) is 2.49. The number of carbonyl (C=O) groups excluding carboxylic acids is 1. The highest BCUT2D eigenvalue weighted by Gasteiger charge is 2.18. The summed E-state index contributed by atoms with van der Waals surface area (Å²) >= 11 is 0. The second-order valence-electron chi connectivity index (χ2n) is 4.86. The first-order valence-corrected chi connectivity index (χ1v) is 6.80. The molecule has 1 aliphatic carbocycles. The zero-order valence-corrected chi connectivity index (χ0v) is 10.9. The summed E-state index contributed by atoms with van der Waals surface area (Å²) in [5, 5.41) is 2.94. The zero-order chi connectivity index (χ0) is 12.8. The van der Waals surface area contributed by atoms with Gasteiger partial charge in [-0.15, -0.1) is 0 Å². The van der Waals surface area contributed by atoms with Crippen LogP contribution in [0.2, 0.25) is 0 Å². The van der Waals surface area contributed by atoms with Gasteiger partial charge in [0, 0.05) is 12.1 Å². The smallest absolute Gasteiger partial charge is 0.224 e. The second kappa shape index (κ2) is 6.43. The van der Waals surface area contributed by atoms with Crippen molar-refractivity contribution in [1.82, 2.24) is 0 Å². The van der Waals surface area contributed by atoms with Crippen LogP contribution >= 0.6 is 0 Å². The standard InChI is InChI=1S/C15H21NO2/c1-2-18-14-9-7-13(8-10-14)16-15(17)11-12-5-3-4-6-12/h7-10,12H,2-6,11H2,1H3,(H,16,17). The van der Waals surface area contributed by atoms with Gasteiger partial charge < -0.3 is 10.1 Å². The van der Waals surface area contributed by atoms with E-state index in [1.165, 1.54) is 25.7 Å². The van der Waals surface area contributed by atoms with Gasteiger partial charge in [0.2, 0.25) is 5.91 Å². The Balaban J connectivity index is 1.82. The third-order valence-electron chi connectivity index (χ3n) is 3.40. The minimum absolute atomic E-state index is 0.131. The number of nitrogens with one attached hydrogen (secondary N) is 1. The first-order chi connectivity index (χ1) is 8.78. The molecule has 0 saturated heterocycles. The molecule has 0 aromatic heterocycles. The molecule has 1 fully saturated rings. The molecule has 0 radical (unpaired) electrons. The Kier molecular flexibility index (Phi) is 4.62. The Morgan fingerprint density at radius 1 is 1.28 bits per heavy atom. The van der Waals surface area contributed by atoms with E-state index >= 15 is 0 Å². The lowest BCUT2D eigenvalue weighted by atomic mass is 10.0. The average Bonchev–Trinajstić information content (AvgIpc) is 2.84. The lowest BCUT2D eigenvalue weighted by molar-refractivity contribution is -0.117. The summed E-state index contributed by atoms with van der Waals surface area (Å²) < 4.78 is 5.36. The van der Waals surface area contributed by atoms with Crippen molar-refractivity contribution in [3.63, 3.8) is 0 Å². The predicted octanol–water partition coefficient (Wildman–Crippen LogP) is 3.60. The van der Waals surface area contributed by atoms with Crippen molar-refractivity contribution in [2.75, 3.05) is 11.9 Å². The van der Waals surface area contributed by atoms with Gasteiger partial charge in [-0.2, -0.15) is 0 Å². The molecule has 1 amide bonds. The number of carbonyl (C=O) groups is 1. The lowest BCUT2D eigenvalue weighted by Gasteiger charge is -2.10. The van der Waals surface area contributed by atoms with Gasteiger partial charge in [0.05, 0.1) is 6.61 Å². The fraction of sp³-hybridized carbons (Fsp3) is 0.533. The number of hydrogen-bond acceptors (Lipinski definition) is 2. The van der Waals surface area contributed by atoms with E-state index in [1.54, 1.807) is 0 Å². The maximum absolute atomic E-state index is 11.8. The van der Waals surface area contributed by atoms with Gasteiger partial charge in [0.25, 0.3) is 0 Å². The average molecular weight is 247 g/mol. The van der Waals surface area contributed by atoms with E-state index in [2.05, 4.69) is 5.32 Å². The third kappa shape index (κ3) is 3.76. The Morgan fingerprint density at radius 3 is 2.56 bits per heavy atom. The molecule has 0 heterocycles. The molecule has 0 aliphatic heterocycles. The van der Waals surface area contributed by atoms with Crippen LogP contribution in [0.15, 0.2) is 24.3 Å². The number of amides is 1. The molecule has 0 unspecified atom stereocenters. The van der Waals surface area contributed by atoms with Gasteiger partial charge in [-0.25, -0.2) is 0 Å². The molecule has 1 aromatic rings. The molecule has 2 rings (SSSR count). The van der Waals surface area contributed by atoms with Crippen LogP contribution in [0.5, 0.6) is 5.75 Å². The zero-order valence-electron chi connectivity index (χ0n) is 10.9. The maximum atomic E-state index is 11.8. The molecule has 0 bridgehead atoms. The first-order valence-electron chi connectivity index (χ1n) is 6.80. The number of benzene rings is 1. The van der Waals surface area contributed by atoms with Gasteiger partial charge in [0.1, 0.15) is 5.75 Å². The van der Waals surface area contributed by atoms with Crippen LogP contribution in [0.3, 0.4) is 0 Å². The van der Waals surface area contributed by atoms with E-state index < -0.39 is 0 Å². The lowest BCUT2D eigenvalue weighted by Crippen LogP contribution is -2.15. The van der Waals surface area contributed by atoms with Gasteiger partial charge in [-0.3, -0.25) is 4.79 Å². The molecule has 3 nitrogen and oxygen atoms in total. The molecule has 1 saturated carbocycles. The van der Waals surface area contributed by atoms with Gasteiger partial charge in [-0.1, -0.05) is 12.8 Å². The molecular weight excluding hydrogens is 226 g/mol.